The van der Waals surface area contributed by atoms with Crippen LogP contribution in [0, 0.1) is 0 Å². The third kappa shape index (κ3) is 2.32. The smallest absolute Gasteiger partial charge is 0.258 e. The minimum atomic E-state index is -0.0217. The quantitative estimate of drug-likeness (QED) is 0.642. The first-order valence-electron chi connectivity index (χ1n) is 6.01. The molecule has 2 rings (SSSR count). The second kappa shape index (κ2) is 5.12. The molecule has 0 spiro atoms. The van der Waals surface area contributed by atoms with Crippen molar-refractivity contribution in [3.8, 4) is 5.75 Å². The number of nitrogens with zero attached hydrogens (tertiary/aromatic N) is 1. The molecule has 1 heterocycles. The first kappa shape index (κ1) is 12.5. The number of para-hydroxylation sites is 1. The number of benzene rings is 1. The summed E-state index contributed by atoms with van der Waals surface area (Å²) < 4.78 is 5.23. The summed E-state index contributed by atoms with van der Waals surface area (Å²) in [7, 11) is 1.53. The predicted molar refractivity (Wildman–Crippen MR) is 71.7 cm³/mol. The van der Waals surface area contributed by atoms with Gasteiger partial charge in [-0.05, 0) is 25.5 Å². The third-order valence-electron chi connectivity index (χ3n) is 3.10. The van der Waals surface area contributed by atoms with E-state index in [2.05, 4.69) is 6.08 Å². The second-order valence-corrected chi connectivity index (χ2v) is 4.49. The monoisotopic (exact) mass is 246 g/mol. The fraction of sp³-hybridized carbons (Fsp3) is 0.357. The number of methoxy groups -OCH3 is 1. The summed E-state index contributed by atoms with van der Waals surface area (Å²) in [5.41, 5.74) is 8.07. The number of hydrogen-bond acceptors (Lipinski definition) is 3. The van der Waals surface area contributed by atoms with Crippen LogP contribution in [0.3, 0.4) is 0 Å². The Balaban J connectivity index is 2.29. The molecule has 1 aromatic carbocycles. The number of anilines is 1. The van der Waals surface area contributed by atoms with Crippen LogP contribution >= 0.6 is 0 Å². The zero-order chi connectivity index (χ0) is 13.1. The molecule has 0 aliphatic carbocycles. The zero-order valence-electron chi connectivity index (χ0n) is 10.8. The molecule has 1 amide bonds. The van der Waals surface area contributed by atoms with Crippen LogP contribution in [0.25, 0.3) is 0 Å². The average Bonchev–Trinajstić information content (AvgIpc) is 2.37. The Kier molecular flexibility index (Phi) is 3.55. The van der Waals surface area contributed by atoms with Crippen LogP contribution in [0.1, 0.15) is 23.7 Å². The molecular formula is C14H18N2O2. The van der Waals surface area contributed by atoms with E-state index in [1.54, 1.807) is 18.2 Å². The predicted octanol–water partition coefficient (Wildman–Crippen LogP) is 2.07. The maximum atomic E-state index is 12.4. The van der Waals surface area contributed by atoms with Gasteiger partial charge in [-0.2, -0.15) is 0 Å². The molecule has 2 N–H and O–H groups in total. The molecule has 0 saturated carbocycles. The SMILES string of the molecule is COc1c(N)cccc1C(=O)N1CCC=C(C)C1. The molecule has 0 saturated heterocycles. The van der Waals surface area contributed by atoms with Gasteiger partial charge >= 0.3 is 0 Å². The fourth-order valence-electron chi connectivity index (χ4n) is 2.21. The fourth-order valence-corrected chi connectivity index (χ4v) is 2.21. The normalized spacial score (nSPS) is 15.2. The maximum Gasteiger partial charge on any atom is 0.258 e. The molecule has 1 aliphatic rings. The van der Waals surface area contributed by atoms with Crippen molar-refractivity contribution in [3.05, 3.63) is 35.4 Å². The lowest BCUT2D eigenvalue weighted by Gasteiger charge is -2.27. The number of ether oxygens (including phenoxy) is 1. The van der Waals surface area contributed by atoms with Crippen LogP contribution in [-0.2, 0) is 0 Å². The number of carbonyl (C=O) groups is 1. The summed E-state index contributed by atoms with van der Waals surface area (Å²) in [5, 5.41) is 0. The van der Waals surface area contributed by atoms with Crippen molar-refractivity contribution >= 4 is 11.6 Å². The van der Waals surface area contributed by atoms with E-state index in [0.717, 1.165) is 13.0 Å². The topological polar surface area (TPSA) is 55.6 Å². The first-order valence-corrected chi connectivity index (χ1v) is 6.01. The lowest BCUT2D eigenvalue weighted by atomic mass is 10.1. The Morgan fingerprint density at radius 1 is 1.44 bits per heavy atom. The van der Waals surface area contributed by atoms with Crippen molar-refractivity contribution in [1.29, 1.82) is 0 Å². The van der Waals surface area contributed by atoms with E-state index in [-0.39, 0.29) is 5.91 Å². The van der Waals surface area contributed by atoms with Gasteiger partial charge in [0, 0.05) is 13.1 Å². The molecule has 96 valence electrons. The molecule has 0 bridgehead atoms. The molecule has 1 aliphatic heterocycles. The summed E-state index contributed by atoms with van der Waals surface area (Å²) in [6.45, 7) is 3.46. The minimum Gasteiger partial charge on any atom is -0.494 e. The van der Waals surface area contributed by atoms with Gasteiger partial charge in [0.1, 0.15) is 0 Å². The van der Waals surface area contributed by atoms with Gasteiger partial charge in [0.05, 0.1) is 18.4 Å². The molecule has 0 atom stereocenters. The van der Waals surface area contributed by atoms with Crippen molar-refractivity contribution in [3.63, 3.8) is 0 Å². The molecule has 0 unspecified atom stereocenters. The number of rotatable bonds is 2. The molecule has 4 nitrogen and oxygen atoms in total. The maximum absolute atomic E-state index is 12.4. The number of amides is 1. The van der Waals surface area contributed by atoms with Crippen LogP contribution in [0.4, 0.5) is 5.69 Å². The number of nitrogens with two attached hydrogens (primary N) is 1. The molecular weight excluding hydrogens is 228 g/mol. The van der Waals surface area contributed by atoms with E-state index in [4.69, 9.17) is 10.5 Å². The van der Waals surface area contributed by atoms with E-state index >= 15 is 0 Å². The van der Waals surface area contributed by atoms with E-state index in [1.807, 2.05) is 11.8 Å². The number of nitrogen functional groups attached to an aromatic ring is 1. The standard InChI is InChI=1S/C14H18N2O2/c1-10-5-4-8-16(9-10)14(17)11-6-3-7-12(15)13(11)18-2/h3,5-7H,4,8-9,15H2,1-2H3. The van der Waals surface area contributed by atoms with E-state index < -0.39 is 0 Å². The molecule has 0 aromatic heterocycles. The summed E-state index contributed by atoms with van der Waals surface area (Å²) in [5.74, 6) is 0.446. The lowest BCUT2D eigenvalue weighted by Crippen LogP contribution is -2.35. The summed E-state index contributed by atoms with van der Waals surface area (Å²) >= 11 is 0. The number of hydrogen-bond donors (Lipinski definition) is 1. The lowest BCUT2D eigenvalue weighted by molar-refractivity contribution is 0.0762. The second-order valence-electron chi connectivity index (χ2n) is 4.49. The van der Waals surface area contributed by atoms with E-state index in [9.17, 15) is 4.79 Å². The average molecular weight is 246 g/mol. The zero-order valence-corrected chi connectivity index (χ0v) is 10.8. The van der Waals surface area contributed by atoms with Gasteiger partial charge in [0.25, 0.3) is 5.91 Å². The summed E-state index contributed by atoms with van der Waals surface area (Å²) in [6, 6.07) is 5.26. The van der Waals surface area contributed by atoms with Gasteiger partial charge in [-0.25, -0.2) is 0 Å². The van der Waals surface area contributed by atoms with Gasteiger partial charge in [-0.15, -0.1) is 0 Å². The van der Waals surface area contributed by atoms with Crippen LogP contribution in [0.5, 0.6) is 5.75 Å². The van der Waals surface area contributed by atoms with E-state index in [1.165, 1.54) is 12.7 Å². The van der Waals surface area contributed by atoms with Crippen LogP contribution in [-0.4, -0.2) is 31.0 Å². The molecule has 0 fully saturated rings. The van der Waals surface area contributed by atoms with Crippen molar-refractivity contribution in [2.75, 3.05) is 25.9 Å². The van der Waals surface area contributed by atoms with Gasteiger partial charge < -0.3 is 15.4 Å². The Labute approximate surface area is 107 Å². The molecule has 18 heavy (non-hydrogen) atoms. The van der Waals surface area contributed by atoms with Crippen molar-refractivity contribution < 1.29 is 9.53 Å². The minimum absolute atomic E-state index is 0.0217. The van der Waals surface area contributed by atoms with Gasteiger partial charge in [0.15, 0.2) is 5.75 Å². The van der Waals surface area contributed by atoms with Gasteiger partial charge in [-0.3, -0.25) is 4.79 Å². The number of carbonyl (C=O) groups excluding carboxylic acids is 1. The summed E-state index contributed by atoms with van der Waals surface area (Å²) in [6.07, 6.45) is 3.07. The van der Waals surface area contributed by atoms with Crippen molar-refractivity contribution in [1.82, 2.24) is 4.90 Å². The third-order valence-corrected chi connectivity index (χ3v) is 3.10. The molecule has 0 radical (unpaired) electrons. The molecule has 1 aromatic rings. The van der Waals surface area contributed by atoms with Crippen LogP contribution in [0.2, 0.25) is 0 Å². The first-order chi connectivity index (χ1) is 8.63. The Bertz CT molecular complexity index is 495. The highest BCUT2D eigenvalue weighted by Crippen LogP contribution is 2.27. The molecule has 4 heteroatoms. The Hall–Kier alpha value is -1.97. The Morgan fingerprint density at radius 3 is 2.89 bits per heavy atom. The Morgan fingerprint density at radius 2 is 2.22 bits per heavy atom. The van der Waals surface area contributed by atoms with E-state index in [0.29, 0.717) is 23.5 Å². The highest BCUT2D eigenvalue weighted by Gasteiger charge is 2.22. The highest BCUT2D eigenvalue weighted by atomic mass is 16.5. The van der Waals surface area contributed by atoms with Crippen molar-refractivity contribution in [2.45, 2.75) is 13.3 Å². The van der Waals surface area contributed by atoms with Gasteiger partial charge in [0.2, 0.25) is 0 Å². The van der Waals surface area contributed by atoms with Crippen molar-refractivity contribution in [2.24, 2.45) is 0 Å². The van der Waals surface area contributed by atoms with Crippen LogP contribution in [0.15, 0.2) is 29.8 Å². The summed E-state index contributed by atoms with van der Waals surface area (Å²) in [4.78, 5) is 14.3. The largest absolute Gasteiger partial charge is 0.494 e. The van der Waals surface area contributed by atoms with Gasteiger partial charge in [-0.1, -0.05) is 17.7 Å². The van der Waals surface area contributed by atoms with Crippen LogP contribution < -0.4 is 10.5 Å². The highest BCUT2D eigenvalue weighted by molar-refractivity contribution is 5.98.